The van der Waals surface area contributed by atoms with Crippen LogP contribution in [0.3, 0.4) is 0 Å². The van der Waals surface area contributed by atoms with Crippen LogP contribution in [0.2, 0.25) is 0 Å². The summed E-state index contributed by atoms with van der Waals surface area (Å²) < 4.78 is 0. The Morgan fingerprint density at radius 3 is 2.24 bits per heavy atom. The standard InChI is InChI=1S/C20H22.Li/c1-13(2)17-11-16-6-5-7-19(20(16)12-17)18-9-14(3)8-15(4)10-18;/h5-10,12-13H,11H2,1-4H3;. The Labute approximate surface area is 140 Å². The summed E-state index contributed by atoms with van der Waals surface area (Å²) in [7, 11) is 0. The average Bonchev–Trinajstić information content (AvgIpc) is 2.81. The molecule has 1 heteroatoms. The summed E-state index contributed by atoms with van der Waals surface area (Å²) in [6, 6.07) is 13.6. The van der Waals surface area contributed by atoms with Crippen LogP contribution in [-0.4, -0.2) is 18.9 Å². The van der Waals surface area contributed by atoms with Gasteiger partial charge in [0.1, 0.15) is 0 Å². The van der Waals surface area contributed by atoms with Crippen molar-refractivity contribution in [1.29, 1.82) is 0 Å². The molecular formula is C20H22Li. The monoisotopic (exact) mass is 269 g/mol. The van der Waals surface area contributed by atoms with E-state index >= 15 is 0 Å². The maximum absolute atomic E-state index is 2.41. The van der Waals surface area contributed by atoms with Crippen molar-refractivity contribution in [3.8, 4) is 11.1 Å². The summed E-state index contributed by atoms with van der Waals surface area (Å²) in [6.45, 7) is 8.92. The van der Waals surface area contributed by atoms with Crippen LogP contribution in [0.1, 0.15) is 36.1 Å². The molecule has 0 heterocycles. The zero-order valence-electron chi connectivity index (χ0n) is 13.8. The Hall–Kier alpha value is -1.22. The molecule has 0 bridgehead atoms. The molecule has 0 saturated carbocycles. The molecule has 0 aromatic heterocycles. The molecular weight excluding hydrogens is 247 g/mol. The Morgan fingerprint density at radius 1 is 0.952 bits per heavy atom. The largest absolute Gasteiger partial charge is 0.0626 e. The minimum Gasteiger partial charge on any atom is -0.0626 e. The molecule has 0 amide bonds. The van der Waals surface area contributed by atoms with Gasteiger partial charge in [0, 0.05) is 18.9 Å². The van der Waals surface area contributed by atoms with Gasteiger partial charge in [-0.25, -0.2) is 0 Å². The molecule has 1 radical (unpaired) electrons. The fourth-order valence-electron chi connectivity index (χ4n) is 3.15. The molecule has 0 saturated heterocycles. The molecule has 3 rings (SSSR count). The second-order valence-corrected chi connectivity index (χ2v) is 6.31. The molecule has 0 spiro atoms. The van der Waals surface area contributed by atoms with E-state index in [9.17, 15) is 0 Å². The summed E-state index contributed by atoms with van der Waals surface area (Å²) in [6.07, 6.45) is 3.53. The number of aryl methyl sites for hydroxylation is 2. The molecule has 0 aliphatic heterocycles. The van der Waals surface area contributed by atoms with Crippen LogP contribution in [0.5, 0.6) is 0 Å². The van der Waals surface area contributed by atoms with E-state index in [2.05, 4.69) is 70.2 Å². The normalized spacial score (nSPS) is 12.9. The molecule has 0 unspecified atom stereocenters. The van der Waals surface area contributed by atoms with Crippen LogP contribution in [0.25, 0.3) is 17.2 Å². The molecule has 0 fully saturated rings. The van der Waals surface area contributed by atoms with Crippen molar-refractivity contribution in [3.05, 3.63) is 64.2 Å². The van der Waals surface area contributed by atoms with E-state index < -0.39 is 0 Å². The van der Waals surface area contributed by atoms with E-state index in [4.69, 9.17) is 0 Å². The second-order valence-electron chi connectivity index (χ2n) is 6.31. The van der Waals surface area contributed by atoms with Gasteiger partial charge in [0.2, 0.25) is 0 Å². The summed E-state index contributed by atoms with van der Waals surface area (Å²) in [5, 5.41) is 0. The molecule has 0 nitrogen and oxygen atoms in total. The number of rotatable bonds is 2. The average molecular weight is 269 g/mol. The quantitative estimate of drug-likeness (QED) is 0.658. The maximum Gasteiger partial charge on any atom is 0 e. The SMILES string of the molecule is Cc1cc(C)cc(-c2cccc3c2C=C(C(C)C)C3)c1.[Li]. The van der Waals surface area contributed by atoms with Gasteiger partial charge in [-0.1, -0.05) is 73.0 Å². The Kier molecular flexibility index (Phi) is 4.82. The van der Waals surface area contributed by atoms with Crippen LogP contribution in [0.15, 0.2) is 42.0 Å². The first-order valence-corrected chi connectivity index (χ1v) is 7.45. The third kappa shape index (κ3) is 3.18. The van der Waals surface area contributed by atoms with Gasteiger partial charge in [0.25, 0.3) is 0 Å². The molecule has 1 aliphatic carbocycles. The van der Waals surface area contributed by atoms with E-state index in [1.807, 2.05) is 0 Å². The fourth-order valence-corrected chi connectivity index (χ4v) is 3.15. The van der Waals surface area contributed by atoms with Gasteiger partial charge >= 0.3 is 0 Å². The van der Waals surface area contributed by atoms with Gasteiger partial charge < -0.3 is 0 Å². The number of benzene rings is 2. The van der Waals surface area contributed by atoms with Gasteiger partial charge in [-0.2, -0.15) is 0 Å². The van der Waals surface area contributed by atoms with Crippen LogP contribution in [-0.2, 0) is 6.42 Å². The Morgan fingerprint density at radius 2 is 1.62 bits per heavy atom. The summed E-state index contributed by atoms with van der Waals surface area (Å²) >= 11 is 0. The zero-order valence-corrected chi connectivity index (χ0v) is 13.8. The third-order valence-corrected chi connectivity index (χ3v) is 4.20. The Bertz CT molecular complexity index is 673. The predicted molar refractivity (Wildman–Crippen MR) is 93.6 cm³/mol. The van der Waals surface area contributed by atoms with Crippen LogP contribution >= 0.6 is 0 Å². The predicted octanol–water partition coefficient (Wildman–Crippen LogP) is 5.19. The number of fused-ring (bicyclic) bond motifs is 1. The molecule has 2 aromatic carbocycles. The van der Waals surface area contributed by atoms with Crippen molar-refractivity contribution in [1.82, 2.24) is 0 Å². The first kappa shape index (κ1) is 16.2. The van der Waals surface area contributed by atoms with Crippen LogP contribution in [0, 0.1) is 19.8 Å². The van der Waals surface area contributed by atoms with Crippen LogP contribution in [0.4, 0.5) is 0 Å². The molecule has 2 aromatic rings. The zero-order chi connectivity index (χ0) is 14.3. The van der Waals surface area contributed by atoms with Gasteiger partial charge in [-0.15, -0.1) is 0 Å². The number of hydrogen-bond acceptors (Lipinski definition) is 0. The smallest absolute Gasteiger partial charge is 0 e. The first-order chi connectivity index (χ1) is 9.54. The van der Waals surface area contributed by atoms with E-state index in [1.54, 1.807) is 5.57 Å². The third-order valence-electron chi connectivity index (χ3n) is 4.20. The van der Waals surface area contributed by atoms with Gasteiger partial charge in [0.05, 0.1) is 0 Å². The van der Waals surface area contributed by atoms with E-state index in [-0.39, 0.29) is 18.9 Å². The van der Waals surface area contributed by atoms with Gasteiger partial charge in [-0.05, 0) is 48.4 Å². The molecule has 1 aliphatic rings. The van der Waals surface area contributed by atoms with Crippen molar-refractivity contribution in [2.75, 3.05) is 0 Å². The summed E-state index contributed by atoms with van der Waals surface area (Å²) in [5.74, 6) is 0.634. The van der Waals surface area contributed by atoms with Crippen molar-refractivity contribution in [2.45, 2.75) is 34.1 Å². The molecule has 0 atom stereocenters. The number of hydrogen-bond donors (Lipinski definition) is 0. The maximum atomic E-state index is 2.41. The topological polar surface area (TPSA) is 0 Å². The Balaban J connectivity index is 0.00000161. The fraction of sp³-hybridized carbons (Fsp3) is 0.300. The second kappa shape index (κ2) is 6.26. The minimum absolute atomic E-state index is 0. The minimum atomic E-state index is 0. The van der Waals surface area contributed by atoms with E-state index in [0.29, 0.717) is 5.92 Å². The van der Waals surface area contributed by atoms with Crippen molar-refractivity contribution in [2.24, 2.45) is 5.92 Å². The van der Waals surface area contributed by atoms with E-state index in [0.717, 1.165) is 6.42 Å². The van der Waals surface area contributed by atoms with Crippen molar-refractivity contribution in [3.63, 3.8) is 0 Å². The van der Waals surface area contributed by atoms with Gasteiger partial charge in [-0.3, -0.25) is 0 Å². The summed E-state index contributed by atoms with van der Waals surface area (Å²) in [4.78, 5) is 0. The molecule has 0 N–H and O–H groups in total. The number of allylic oxidation sites excluding steroid dienone is 1. The first-order valence-electron chi connectivity index (χ1n) is 7.45. The summed E-state index contributed by atoms with van der Waals surface area (Å²) in [5.41, 5.74) is 9.86. The molecule has 21 heavy (non-hydrogen) atoms. The van der Waals surface area contributed by atoms with Crippen molar-refractivity contribution < 1.29 is 0 Å². The van der Waals surface area contributed by atoms with Gasteiger partial charge in [0.15, 0.2) is 0 Å². The molecule has 103 valence electrons. The van der Waals surface area contributed by atoms with Crippen molar-refractivity contribution >= 4 is 24.9 Å². The van der Waals surface area contributed by atoms with Crippen LogP contribution < -0.4 is 0 Å². The van der Waals surface area contributed by atoms with E-state index in [1.165, 1.54) is 33.4 Å².